The van der Waals surface area contributed by atoms with Gasteiger partial charge in [-0.25, -0.2) is 0 Å². The molecule has 1 aromatic carbocycles. The molecule has 0 heterocycles. The molecule has 1 unspecified atom stereocenters. The van der Waals surface area contributed by atoms with Crippen molar-refractivity contribution in [3.05, 3.63) is 48.0 Å². The van der Waals surface area contributed by atoms with E-state index in [1.807, 2.05) is 30.3 Å². The van der Waals surface area contributed by atoms with Crippen molar-refractivity contribution in [2.24, 2.45) is 0 Å². The van der Waals surface area contributed by atoms with E-state index in [1.54, 1.807) is 0 Å². The summed E-state index contributed by atoms with van der Waals surface area (Å²) in [5.74, 6) is 2.41. The molecular weight excluding hydrogens is 260 g/mol. The average molecular weight is 278 g/mol. The fourth-order valence-corrected chi connectivity index (χ4v) is 2.40. The lowest BCUT2D eigenvalue weighted by Crippen LogP contribution is -2.19. The van der Waals surface area contributed by atoms with Crippen LogP contribution in [0.25, 0.3) is 0 Å². The van der Waals surface area contributed by atoms with E-state index in [0.717, 1.165) is 18.2 Å². The van der Waals surface area contributed by atoms with Crippen molar-refractivity contribution < 1.29 is 12.6 Å². The number of hydrogen-bond acceptors (Lipinski definition) is 3. The maximum Gasteiger partial charge on any atom is 0.264 e. The van der Waals surface area contributed by atoms with Gasteiger partial charge in [-0.15, -0.1) is 6.42 Å². The molecule has 4 heteroatoms. The molecule has 0 aromatic heterocycles. The van der Waals surface area contributed by atoms with Gasteiger partial charge in [0.1, 0.15) is 0 Å². The zero-order valence-electron chi connectivity index (χ0n) is 11.0. The highest BCUT2D eigenvalue weighted by atomic mass is 32.2. The normalized spacial score (nSPS) is 12.6. The van der Waals surface area contributed by atoms with Crippen molar-refractivity contribution in [1.29, 1.82) is 0 Å². The fourth-order valence-electron chi connectivity index (χ4n) is 1.74. The number of benzene rings is 1. The van der Waals surface area contributed by atoms with Gasteiger partial charge in [-0.3, -0.25) is 4.18 Å². The van der Waals surface area contributed by atoms with Gasteiger partial charge >= 0.3 is 0 Å². The van der Waals surface area contributed by atoms with Crippen LogP contribution in [0, 0.1) is 12.3 Å². The average Bonchev–Trinajstić information content (AvgIpc) is 2.35. The first-order chi connectivity index (χ1) is 8.90. The van der Waals surface area contributed by atoms with Crippen molar-refractivity contribution in [2.75, 3.05) is 6.26 Å². The third-order valence-corrected chi connectivity index (χ3v) is 3.21. The van der Waals surface area contributed by atoms with Crippen molar-refractivity contribution in [2.45, 2.75) is 25.4 Å². The Balaban J connectivity index is 2.64. The van der Waals surface area contributed by atoms with Crippen LogP contribution in [0.4, 0.5) is 0 Å². The van der Waals surface area contributed by atoms with Gasteiger partial charge in [0.05, 0.1) is 12.4 Å². The molecule has 0 fully saturated rings. The Morgan fingerprint density at radius 1 is 1.42 bits per heavy atom. The first-order valence-corrected chi connectivity index (χ1v) is 7.79. The van der Waals surface area contributed by atoms with E-state index in [0.29, 0.717) is 18.4 Å². The van der Waals surface area contributed by atoms with Gasteiger partial charge in [-0.1, -0.05) is 42.8 Å². The molecule has 0 saturated heterocycles. The summed E-state index contributed by atoms with van der Waals surface area (Å²) in [6.07, 6.45) is 7.49. The largest absolute Gasteiger partial charge is 0.267 e. The first kappa shape index (κ1) is 15.5. The highest BCUT2D eigenvalue weighted by Crippen LogP contribution is 2.15. The molecule has 0 bridgehead atoms. The summed E-state index contributed by atoms with van der Waals surface area (Å²) in [7, 11) is -3.49. The Hall–Kier alpha value is -1.57. The Kier molecular flexibility index (Phi) is 5.81. The smallest absolute Gasteiger partial charge is 0.264 e. The molecule has 1 rings (SSSR count). The van der Waals surface area contributed by atoms with E-state index >= 15 is 0 Å². The lowest BCUT2D eigenvalue weighted by Gasteiger charge is -2.15. The number of hydrogen-bond donors (Lipinski definition) is 0. The van der Waals surface area contributed by atoms with Crippen LogP contribution in [0.15, 0.2) is 42.5 Å². The zero-order chi connectivity index (χ0) is 14.3. The Morgan fingerprint density at radius 3 is 2.58 bits per heavy atom. The van der Waals surface area contributed by atoms with Crippen LogP contribution >= 0.6 is 0 Å². The second-order valence-electron chi connectivity index (χ2n) is 4.40. The molecular formula is C15H18O3S. The maximum atomic E-state index is 11.2. The maximum absolute atomic E-state index is 11.2. The third kappa shape index (κ3) is 6.80. The Morgan fingerprint density at radius 2 is 2.05 bits per heavy atom. The molecule has 102 valence electrons. The second-order valence-corrected chi connectivity index (χ2v) is 6.00. The Labute approximate surface area is 115 Å². The molecule has 19 heavy (non-hydrogen) atoms. The standard InChI is InChI=1S/C15H18O3S/c1-4-13(2)12-15(18-19(3,16)17)11-10-14-8-6-5-7-9-14/h1,5-9,15H,2,10-12H2,3H3. The minimum absolute atomic E-state index is 0.358. The van der Waals surface area contributed by atoms with Crippen molar-refractivity contribution in [1.82, 2.24) is 0 Å². The SMILES string of the molecule is C#CC(=C)CC(CCc1ccccc1)OS(C)(=O)=O. The van der Waals surface area contributed by atoms with E-state index < -0.39 is 16.2 Å². The van der Waals surface area contributed by atoms with Gasteiger partial charge in [0.2, 0.25) is 0 Å². The molecule has 0 saturated carbocycles. The van der Waals surface area contributed by atoms with E-state index in [1.165, 1.54) is 0 Å². The monoisotopic (exact) mass is 278 g/mol. The third-order valence-electron chi connectivity index (χ3n) is 2.59. The quantitative estimate of drug-likeness (QED) is 0.568. The highest BCUT2D eigenvalue weighted by molar-refractivity contribution is 7.86. The molecule has 0 aliphatic heterocycles. The predicted molar refractivity (Wildman–Crippen MR) is 77.1 cm³/mol. The van der Waals surface area contributed by atoms with Crippen LogP contribution in [0.1, 0.15) is 18.4 Å². The summed E-state index contributed by atoms with van der Waals surface area (Å²) in [5, 5.41) is 0. The highest BCUT2D eigenvalue weighted by Gasteiger charge is 2.16. The molecule has 0 aliphatic rings. The summed E-state index contributed by atoms with van der Waals surface area (Å²) in [4.78, 5) is 0. The molecule has 0 spiro atoms. The van der Waals surface area contributed by atoms with Crippen molar-refractivity contribution >= 4 is 10.1 Å². The minimum atomic E-state index is -3.49. The number of rotatable bonds is 7. The van der Waals surface area contributed by atoms with Crippen LogP contribution in [-0.4, -0.2) is 20.8 Å². The van der Waals surface area contributed by atoms with Gasteiger partial charge in [0.25, 0.3) is 10.1 Å². The van der Waals surface area contributed by atoms with Gasteiger partial charge in [0.15, 0.2) is 0 Å². The number of terminal acetylenes is 1. The van der Waals surface area contributed by atoms with Crippen LogP contribution in [-0.2, 0) is 20.7 Å². The summed E-state index contributed by atoms with van der Waals surface area (Å²) in [6, 6.07) is 9.82. The Bertz CT molecular complexity index is 553. The molecule has 0 N–H and O–H groups in total. The lowest BCUT2D eigenvalue weighted by atomic mass is 10.0. The molecule has 0 radical (unpaired) electrons. The van der Waals surface area contributed by atoms with E-state index in [4.69, 9.17) is 10.6 Å². The number of aryl methyl sites for hydroxylation is 1. The minimum Gasteiger partial charge on any atom is -0.267 e. The van der Waals surface area contributed by atoms with Crippen LogP contribution < -0.4 is 0 Å². The summed E-state index contributed by atoms with van der Waals surface area (Å²) in [5.41, 5.74) is 1.68. The summed E-state index contributed by atoms with van der Waals surface area (Å²) in [6.45, 7) is 3.69. The van der Waals surface area contributed by atoms with Crippen LogP contribution in [0.2, 0.25) is 0 Å². The predicted octanol–water partition coefficient (Wildman–Crippen LogP) is 2.54. The second kappa shape index (κ2) is 7.13. The molecule has 3 nitrogen and oxygen atoms in total. The van der Waals surface area contributed by atoms with Gasteiger partial charge in [-0.2, -0.15) is 8.42 Å². The van der Waals surface area contributed by atoms with Crippen molar-refractivity contribution in [3.8, 4) is 12.3 Å². The molecule has 0 amide bonds. The van der Waals surface area contributed by atoms with E-state index in [2.05, 4.69) is 12.5 Å². The van der Waals surface area contributed by atoms with Gasteiger partial charge in [-0.05, 0) is 24.0 Å². The van der Waals surface area contributed by atoms with Crippen LogP contribution in [0.3, 0.4) is 0 Å². The topological polar surface area (TPSA) is 43.4 Å². The van der Waals surface area contributed by atoms with Gasteiger partial charge < -0.3 is 0 Å². The summed E-state index contributed by atoms with van der Waals surface area (Å²) < 4.78 is 27.5. The van der Waals surface area contributed by atoms with Crippen molar-refractivity contribution in [3.63, 3.8) is 0 Å². The molecule has 1 aromatic rings. The molecule has 0 aliphatic carbocycles. The van der Waals surface area contributed by atoms with E-state index in [9.17, 15) is 8.42 Å². The van der Waals surface area contributed by atoms with Gasteiger partial charge in [0, 0.05) is 6.42 Å². The lowest BCUT2D eigenvalue weighted by molar-refractivity contribution is 0.202. The first-order valence-electron chi connectivity index (χ1n) is 5.97. The molecule has 1 atom stereocenters. The zero-order valence-corrected chi connectivity index (χ0v) is 11.8. The fraction of sp³-hybridized carbons (Fsp3) is 0.333. The van der Waals surface area contributed by atoms with E-state index in [-0.39, 0.29) is 0 Å². The summed E-state index contributed by atoms with van der Waals surface area (Å²) >= 11 is 0. The van der Waals surface area contributed by atoms with Crippen LogP contribution in [0.5, 0.6) is 0 Å².